The van der Waals surface area contributed by atoms with Crippen LogP contribution in [0, 0.1) is 12.8 Å². The first-order valence-electron chi connectivity index (χ1n) is 4.25. The predicted molar refractivity (Wildman–Crippen MR) is 44.5 cm³/mol. The molecule has 1 fully saturated rings. The fraction of sp³-hybridized carbons (Fsp3) is 0.556. The van der Waals surface area contributed by atoms with Crippen molar-refractivity contribution >= 4 is 0 Å². The summed E-state index contributed by atoms with van der Waals surface area (Å²) in [4.78, 5) is 8.15. The van der Waals surface area contributed by atoms with E-state index in [1.54, 1.807) is 12.3 Å². The van der Waals surface area contributed by atoms with Crippen LogP contribution in [0.15, 0.2) is 12.3 Å². The summed E-state index contributed by atoms with van der Waals surface area (Å²) in [6.07, 6.45) is 3.59. The molecule has 1 aliphatic rings. The average molecular weight is 164 g/mol. The van der Waals surface area contributed by atoms with Crippen LogP contribution >= 0.6 is 0 Å². The molecule has 0 spiro atoms. The Hall–Kier alpha value is -0.960. The summed E-state index contributed by atoms with van der Waals surface area (Å²) < 4.78 is 0. The molecule has 0 aliphatic heterocycles. The van der Waals surface area contributed by atoms with Crippen molar-refractivity contribution < 1.29 is 5.11 Å². The molecule has 1 aromatic rings. The topological polar surface area (TPSA) is 46.0 Å². The first kappa shape index (κ1) is 7.68. The number of aryl methyl sites for hydroxylation is 1. The van der Waals surface area contributed by atoms with Crippen molar-refractivity contribution in [3.05, 3.63) is 23.8 Å². The molecule has 1 saturated carbocycles. The highest BCUT2D eigenvalue weighted by atomic mass is 16.3. The summed E-state index contributed by atoms with van der Waals surface area (Å²) in [5.74, 6) is 1.17. The quantitative estimate of drug-likeness (QED) is 0.715. The van der Waals surface area contributed by atoms with Crippen LogP contribution in [0.2, 0.25) is 0 Å². The lowest BCUT2D eigenvalue weighted by molar-refractivity contribution is 0.148. The van der Waals surface area contributed by atoms with Crippen LogP contribution in [-0.4, -0.2) is 15.1 Å². The molecule has 0 radical (unpaired) electrons. The molecule has 64 valence electrons. The second-order valence-corrected chi connectivity index (χ2v) is 3.31. The average Bonchev–Trinajstić information content (AvgIpc) is 2.85. The summed E-state index contributed by atoms with van der Waals surface area (Å²) in [6, 6.07) is 1.79. The van der Waals surface area contributed by atoms with E-state index in [0.717, 1.165) is 24.4 Å². The Kier molecular flexibility index (Phi) is 1.81. The van der Waals surface area contributed by atoms with Gasteiger partial charge in [-0.05, 0) is 31.7 Å². The lowest BCUT2D eigenvalue weighted by Gasteiger charge is -2.07. The van der Waals surface area contributed by atoms with Gasteiger partial charge in [0.1, 0.15) is 5.82 Å². The molecule has 1 aliphatic carbocycles. The standard InChI is InChI=1S/C9H12N2O/c1-6-10-5-4-8(11-6)9(12)7-2-3-7/h4-5,7,9,12H,2-3H2,1H3. The highest BCUT2D eigenvalue weighted by molar-refractivity contribution is 5.08. The number of hydrogen-bond donors (Lipinski definition) is 1. The van der Waals surface area contributed by atoms with E-state index in [9.17, 15) is 5.11 Å². The van der Waals surface area contributed by atoms with Gasteiger partial charge in [0, 0.05) is 6.20 Å². The van der Waals surface area contributed by atoms with Gasteiger partial charge in [0.05, 0.1) is 11.8 Å². The minimum absolute atomic E-state index is 0.369. The Morgan fingerprint density at radius 1 is 1.58 bits per heavy atom. The Bertz CT molecular complexity index is 284. The number of aliphatic hydroxyl groups excluding tert-OH is 1. The van der Waals surface area contributed by atoms with E-state index in [1.807, 2.05) is 6.92 Å². The Balaban J connectivity index is 2.20. The maximum absolute atomic E-state index is 9.69. The van der Waals surface area contributed by atoms with E-state index in [-0.39, 0.29) is 6.10 Å². The van der Waals surface area contributed by atoms with Gasteiger partial charge in [-0.1, -0.05) is 0 Å². The number of hydrogen-bond acceptors (Lipinski definition) is 3. The summed E-state index contributed by atoms with van der Waals surface area (Å²) in [6.45, 7) is 1.84. The van der Waals surface area contributed by atoms with E-state index in [2.05, 4.69) is 9.97 Å². The highest BCUT2D eigenvalue weighted by Gasteiger charge is 2.31. The van der Waals surface area contributed by atoms with Crippen LogP contribution < -0.4 is 0 Å². The molecule has 0 aromatic carbocycles. The Morgan fingerprint density at radius 2 is 2.33 bits per heavy atom. The van der Waals surface area contributed by atoms with Crippen molar-refractivity contribution in [3.8, 4) is 0 Å². The van der Waals surface area contributed by atoms with Gasteiger partial charge in [0.15, 0.2) is 0 Å². The van der Waals surface area contributed by atoms with Crippen molar-refractivity contribution in [2.24, 2.45) is 5.92 Å². The zero-order valence-corrected chi connectivity index (χ0v) is 7.07. The minimum atomic E-state index is -0.369. The molecular weight excluding hydrogens is 152 g/mol. The predicted octanol–water partition coefficient (Wildman–Crippen LogP) is 1.23. The van der Waals surface area contributed by atoms with Gasteiger partial charge in [-0.25, -0.2) is 9.97 Å². The molecule has 0 bridgehead atoms. The Labute approximate surface area is 71.5 Å². The molecule has 1 unspecified atom stereocenters. The first-order chi connectivity index (χ1) is 5.77. The maximum atomic E-state index is 9.69. The lowest BCUT2D eigenvalue weighted by atomic mass is 10.1. The molecule has 3 nitrogen and oxygen atoms in total. The van der Waals surface area contributed by atoms with Crippen LogP contribution in [0.1, 0.15) is 30.5 Å². The van der Waals surface area contributed by atoms with Crippen LogP contribution in [0.3, 0.4) is 0 Å². The fourth-order valence-electron chi connectivity index (χ4n) is 1.29. The molecule has 3 heteroatoms. The van der Waals surface area contributed by atoms with Crippen LogP contribution in [0.5, 0.6) is 0 Å². The smallest absolute Gasteiger partial charge is 0.125 e. The fourth-order valence-corrected chi connectivity index (χ4v) is 1.29. The maximum Gasteiger partial charge on any atom is 0.125 e. The van der Waals surface area contributed by atoms with Crippen LogP contribution in [0.25, 0.3) is 0 Å². The largest absolute Gasteiger partial charge is 0.387 e. The number of aliphatic hydroxyl groups is 1. The van der Waals surface area contributed by atoms with E-state index in [0.29, 0.717) is 5.92 Å². The van der Waals surface area contributed by atoms with Crippen LogP contribution in [-0.2, 0) is 0 Å². The first-order valence-corrected chi connectivity index (χ1v) is 4.25. The van der Waals surface area contributed by atoms with Gasteiger partial charge in [-0.2, -0.15) is 0 Å². The van der Waals surface area contributed by atoms with E-state index >= 15 is 0 Å². The number of aromatic nitrogens is 2. The monoisotopic (exact) mass is 164 g/mol. The third kappa shape index (κ3) is 1.46. The SMILES string of the molecule is Cc1nccc(C(O)C2CC2)n1. The normalized spacial score (nSPS) is 19.2. The molecule has 1 atom stereocenters. The second-order valence-electron chi connectivity index (χ2n) is 3.31. The van der Waals surface area contributed by atoms with Gasteiger partial charge in [-0.3, -0.25) is 0 Å². The van der Waals surface area contributed by atoms with Gasteiger partial charge >= 0.3 is 0 Å². The van der Waals surface area contributed by atoms with E-state index in [1.165, 1.54) is 0 Å². The number of rotatable bonds is 2. The summed E-state index contributed by atoms with van der Waals surface area (Å²) >= 11 is 0. The molecule has 1 heterocycles. The molecule has 1 aromatic heterocycles. The van der Waals surface area contributed by atoms with Gasteiger partial charge in [0.25, 0.3) is 0 Å². The van der Waals surface area contributed by atoms with Gasteiger partial charge in [0.2, 0.25) is 0 Å². The molecular formula is C9H12N2O. The Morgan fingerprint density at radius 3 is 2.92 bits per heavy atom. The van der Waals surface area contributed by atoms with Crippen molar-refractivity contribution in [1.29, 1.82) is 0 Å². The highest BCUT2D eigenvalue weighted by Crippen LogP contribution is 2.39. The number of nitrogens with zero attached hydrogens (tertiary/aromatic N) is 2. The molecule has 0 amide bonds. The lowest BCUT2D eigenvalue weighted by Crippen LogP contribution is -2.03. The summed E-state index contributed by atoms with van der Waals surface area (Å²) in [5.41, 5.74) is 0.769. The van der Waals surface area contributed by atoms with E-state index < -0.39 is 0 Å². The van der Waals surface area contributed by atoms with Gasteiger partial charge in [-0.15, -0.1) is 0 Å². The zero-order chi connectivity index (χ0) is 8.55. The minimum Gasteiger partial charge on any atom is -0.387 e. The van der Waals surface area contributed by atoms with Crippen LogP contribution in [0.4, 0.5) is 0 Å². The van der Waals surface area contributed by atoms with Crippen molar-refractivity contribution in [1.82, 2.24) is 9.97 Å². The van der Waals surface area contributed by atoms with Crippen molar-refractivity contribution in [2.45, 2.75) is 25.9 Å². The third-order valence-electron chi connectivity index (χ3n) is 2.17. The van der Waals surface area contributed by atoms with Crippen molar-refractivity contribution in [3.63, 3.8) is 0 Å². The van der Waals surface area contributed by atoms with Gasteiger partial charge < -0.3 is 5.11 Å². The second kappa shape index (κ2) is 2.83. The van der Waals surface area contributed by atoms with Crippen molar-refractivity contribution in [2.75, 3.05) is 0 Å². The van der Waals surface area contributed by atoms with E-state index in [4.69, 9.17) is 0 Å². The molecule has 1 N–H and O–H groups in total. The molecule has 0 saturated heterocycles. The molecule has 12 heavy (non-hydrogen) atoms. The molecule has 2 rings (SSSR count). The summed E-state index contributed by atoms with van der Waals surface area (Å²) in [5, 5.41) is 9.69. The third-order valence-corrected chi connectivity index (χ3v) is 2.17. The zero-order valence-electron chi connectivity index (χ0n) is 7.07. The summed E-state index contributed by atoms with van der Waals surface area (Å²) in [7, 11) is 0.